The zero-order valence-electron chi connectivity index (χ0n) is 15.4. The van der Waals surface area contributed by atoms with Crippen molar-refractivity contribution >= 4 is 35.8 Å². The molecule has 12 nitrogen and oxygen atoms in total. The van der Waals surface area contributed by atoms with Crippen LogP contribution in [0.2, 0.25) is 0 Å². The molecule has 2 rings (SSSR count). The van der Waals surface area contributed by atoms with Crippen LogP contribution in [0.4, 0.5) is 0 Å². The summed E-state index contributed by atoms with van der Waals surface area (Å²) in [6, 6.07) is 4.48. The van der Waals surface area contributed by atoms with Crippen LogP contribution in [0.25, 0.3) is 0 Å². The van der Waals surface area contributed by atoms with Crippen LogP contribution < -0.4 is 30.6 Å². The van der Waals surface area contributed by atoms with E-state index >= 15 is 0 Å². The maximum absolute atomic E-state index is 10.4. The molecule has 0 spiro atoms. The van der Waals surface area contributed by atoms with Gasteiger partial charge in [0, 0.05) is 0 Å². The summed E-state index contributed by atoms with van der Waals surface area (Å²) in [6.45, 7) is 0. The van der Waals surface area contributed by atoms with Gasteiger partial charge < -0.3 is 59.4 Å². The fraction of sp³-hybridized carbons (Fsp3) is 0. The maximum Gasteiger partial charge on any atom is 2.00 e. The first-order chi connectivity index (χ1) is 13.8. The van der Waals surface area contributed by atoms with E-state index in [2.05, 4.69) is 0 Å². The van der Waals surface area contributed by atoms with E-state index in [9.17, 15) is 59.4 Å². The summed E-state index contributed by atoms with van der Waals surface area (Å²) >= 11 is 0. The van der Waals surface area contributed by atoms with E-state index in [1.54, 1.807) is 0 Å². The smallest absolute Gasteiger partial charge is 0.545 e. The van der Waals surface area contributed by atoms with E-state index in [0.29, 0.717) is 0 Å². The van der Waals surface area contributed by atoms with Crippen molar-refractivity contribution in [3.8, 4) is 0 Å². The summed E-state index contributed by atoms with van der Waals surface area (Å²) in [6.07, 6.45) is 0. The van der Waals surface area contributed by atoms with Crippen molar-refractivity contribution in [1.82, 2.24) is 0 Å². The quantitative estimate of drug-likeness (QED) is 0.305. The minimum atomic E-state index is -1.68. The second-order valence-electron chi connectivity index (χ2n) is 5.32. The van der Waals surface area contributed by atoms with Crippen LogP contribution in [0, 0.1) is 0 Å². The molecule has 2 aromatic carbocycles. The first-order valence-corrected chi connectivity index (χ1v) is 7.41. The van der Waals surface area contributed by atoms with Gasteiger partial charge in [-0.05, 0) is 69.8 Å². The Bertz CT molecular complexity index is 838. The molecule has 0 aliphatic rings. The largest absolute Gasteiger partial charge is 2.00 e. The molecule has 3 radical (unpaired) electrons. The molecule has 0 fully saturated rings. The zero-order valence-corrected chi connectivity index (χ0v) is 18.5. The van der Waals surface area contributed by atoms with E-state index in [4.69, 9.17) is 0 Å². The van der Waals surface area contributed by atoms with Gasteiger partial charge in [-0.25, -0.2) is 0 Å². The fourth-order valence-electron chi connectivity index (χ4n) is 1.96. The average Bonchev–Trinajstić information content (AvgIpc) is 2.67. The Balaban J connectivity index is -0.000000500. The van der Waals surface area contributed by atoms with Crippen LogP contribution in [-0.4, -0.2) is 35.8 Å². The molecule has 15 heteroatoms. The third kappa shape index (κ3) is 10.3. The molecule has 0 aliphatic heterocycles. The van der Waals surface area contributed by atoms with E-state index in [-0.39, 0.29) is 50.3 Å². The van der Waals surface area contributed by atoms with Crippen LogP contribution in [0.15, 0.2) is 36.4 Å². The van der Waals surface area contributed by atoms with Gasteiger partial charge in [-0.1, -0.05) is 0 Å². The van der Waals surface area contributed by atoms with Crippen LogP contribution >= 0.6 is 0 Å². The Morgan fingerprint density at radius 3 is 0.485 bits per heavy atom. The normalized spacial score (nSPS) is 8.73. The van der Waals surface area contributed by atoms with Crippen molar-refractivity contribution in [1.29, 1.82) is 0 Å². The Morgan fingerprint density at radius 1 is 0.333 bits per heavy atom. The van der Waals surface area contributed by atoms with Gasteiger partial charge in [-0.3, -0.25) is 0 Å². The van der Waals surface area contributed by atoms with E-state index in [0.717, 1.165) is 36.4 Å². The summed E-state index contributed by atoms with van der Waals surface area (Å²) in [5.74, 6) is -10.1. The van der Waals surface area contributed by atoms with Gasteiger partial charge in [0.1, 0.15) is 0 Å². The molecule has 0 N–H and O–H groups in total. The Morgan fingerprint density at radius 2 is 0.424 bits per heavy atom. The number of carboxylic acids is 6. The number of rotatable bonds is 6. The van der Waals surface area contributed by atoms with Crippen LogP contribution in [0.1, 0.15) is 62.1 Å². The number of hydrogen-bond acceptors (Lipinski definition) is 12. The van der Waals surface area contributed by atoms with Crippen molar-refractivity contribution in [2.45, 2.75) is 0 Å². The van der Waals surface area contributed by atoms with Gasteiger partial charge in [0.15, 0.2) is 0 Å². The molecule has 0 aliphatic carbocycles. The molecule has 0 unspecified atom stereocenters. The predicted molar refractivity (Wildman–Crippen MR) is 78.9 cm³/mol. The fourth-order valence-corrected chi connectivity index (χ4v) is 1.96. The van der Waals surface area contributed by atoms with Crippen LogP contribution in [-0.2, 0) is 50.3 Å². The first kappa shape index (κ1) is 34.4. The Labute approximate surface area is 214 Å². The molecule has 0 saturated carbocycles. The van der Waals surface area contributed by atoms with E-state index in [1.165, 1.54) is 0 Å². The van der Waals surface area contributed by atoms with Gasteiger partial charge in [-0.15, -0.1) is 0 Å². The minimum Gasteiger partial charge on any atom is -0.545 e. The number of carboxylic acid groups (broad SMARTS) is 6. The molecule has 0 saturated heterocycles. The third-order valence-electron chi connectivity index (χ3n) is 3.28. The van der Waals surface area contributed by atoms with Crippen LogP contribution in [0.5, 0.6) is 0 Å². The van der Waals surface area contributed by atoms with Gasteiger partial charge in [-0.2, -0.15) is 0 Å². The van der Waals surface area contributed by atoms with Crippen molar-refractivity contribution < 1.29 is 110 Å². The number of carbonyl (C=O) groups is 6. The van der Waals surface area contributed by atoms with Crippen molar-refractivity contribution in [2.75, 3.05) is 0 Å². The van der Waals surface area contributed by atoms with Crippen molar-refractivity contribution in [3.63, 3.8) is 0 Å². The maximum atomic E-state index is 10.4. The minimum absolute atomic E-state index is 0. The SMILES string of the molecule is O=C([O-])c1cc(C(=O)[O-])cc(C(=O)[O-])c1.O=C([O-])c1cc(C(=O)[O-])cc(C(=O)[O-])c1.[Co+2].[Co+2].[Co+2]. The number of aromatic carboxylic acids is 6. The Hall–Kier alpha value is -3.22. The molecule has 0 atom stereocenters. The monoisotopic (exact) mass is 591 g/mol. The van der Waals surface area contributed by atoms with Gasteiger partial charge in [0.05, 0.1) is 35.8 Å². The molecular formula is C18H6Co3O12. The molecule has 177 valence electrons. The predicted octanol–water partition coefficient (Wildman–Crippen LogP) is -6.45. The Kier molecular flexibility index (Phi) is 15.4. The molecule has 0 bridgehead atoms. The first-order valence-electron chi connectivity index (χ1n) is 7.41. The summed E-state index contributed by atoms with van der Waals surface area (Å²) in [5.41, 5.74) is -3.36. The summed E-state index contributed by atoms with van der Waals surface area (Å²) in [5, 5.41) is 62.5. The number of hydrogen-bond donors (Lipinski definition) is 0. The zero-order chi connectivity index (χ0) is 23.2. The third-order valence-corrected chi connectivity index (χ3v) is 3.28. The molecule has 0 heterocycles. The number of benzene rings is 2. The summed E-state index contributed by atoms with van der Waals surface area (Å²) in [4.78, 5) is 62.5. The topological polar surface area (TPSA) is 241 Å². The van der Waals surface area contributed by atoms with Crippen molar-refractivity contribution in [3.05, 3.63) is 69.8 Å². The molecule has 2 aromatic rings. The van der Waals surface area contributed by atoms with Gasteiger partial charge in [0.25, 0.3) is 0 Å². The van der Waals surface area contributed by atoms with E-state index in [1.807, 2.05) is 0 Å². The average molecular weight is 591 g/mol. The molecule has 33 heavy (non-hydrogen) atoms. The second-order valence-corrected chi connectivity index (χ2v) is 5.32. The van der Waals surface area contributed by atoms with Crippen LogP contribution in [0.3, 0.4) is 0 Å². The summed E-state index contributed by atoms with van der Waals surface area (Å²) in [7, 11) is 0. The number of carbonyl (C=O) groups excluding carboxylic acids is 6. The second kappa shape index (κ2) is 14.8. The summed E-state index contributed by atoms with van der Waals surface area (Å²) < 4.78 is 0. The van der Waals surface area contributed by atoms with E-state index < -0.39 is 69.2 Å². The molecular weight excluding hydrogens is 585 g/mol. The van der Waals surface area contributed by atoms with Gasteiger partial charge in [0.2, 0.25) is 0 Å². The molecule has 0 aromatic heterocycles. The molecule has 0 amide bonds. The van der Waals surface area contributed by atoms with Gasteiger partial charge >= 0.3 is 50.3 Å². The van der Waals surface area contributed by atoms with Crippen molar-refractivity contribution in [2.24, 2.45) is 0 Å². The standard InChI is InChI=1S/2C9H6O6.3Co/c2*10-7(11)4-1-5(8(12)13)3-6(2-4)9(14)15;;;/h2*1-3H,(H,10,11)(H,12,13)(H,14,15);;;/q;;3*+2/p-6.